The van der Waals surface area contributed by atoms with Crippen LogP contribution in [0.3, 0.4) is 0 Å². The monoisotopic (exact) mass is 459 g/mol. The highest BCUT2D eigenvalue weighted by molar-refractivity contribution is 9.10. The first kappa shape index (κ1) is 20.7. The smallest absolute Gasteiger partial charge is 0.0508 e. The fraction of sp³-hybridized carbons (Fsp3) is 0.421. The number of halogens is 3. The Labute approximate surface area is 162 Å². The standard InChI is InChI=1S/C15H12Br2ClN.2C2H6/c1-8-14-9(5-12(18)6-13(14)17)2-3-10-4-11(16)7-19-15(8)10;2*1-2/h4-8H,2-3H2,1H3;2*1-2H3. The maximum absolute atomic E-state index is 6.17. The summed E-state index contributed by atoms with van der Waals surface area (Å²) >= 11 is 13.3. The average Bonchev–Trinajstić information content (AvgIpc) is 2.68. The third-order valence-electron chi connectivity index (χ3n) is 3.65. The molecule has 0 radical (unpaired) electrons. The van der Waals surface area contributed by atoms with Crippen molar-refractivity contribution in [2.45, 2.75) is 53.4 Å². The highest BCUT2D eigenvalue weighted by atomic mass is 79.9. The quantitative estimate of drug-likeness (QED) is 0.394. The van der Waals surface area contributed by atoms with Gasteiger partial charge in [-0.05, 0) is 63.7 Å². The number of aromatic nitrogens is 1. The summed E-state index contributed by atoms with van der Waals surface area (Å²) in [6, 6.07) is 6.24. The molecule has 2 aromatic rings. The number of nitrogens with zero attached hydrogens (tertiary/aromatic N) is 1. The Kier molecular flexibility index (Phi) is 8.81. The predicted octanol–water partition coefficient (Wildman–Crippen LogP) is 7.56. The van der Waals surface area contributed by atoms with Crippen molar-refractivity contribution < 1.29 is 0 Å². The molecule has 1 nitrogen and oxygen atoms in total. The summed E-state index contributed by atoms with van der Waals surface area (Å²) in [6.45, 7) is 10.2. The van der Waals surface area contributed by atoms with Gasteiger partial charge in [0, 0.05) is 26.1 Å². The lowest BCUT2D eigenvalue weighted by Crippen LogP contribution is -2.03. The Balaban J connectivity index is 0.000000615. The van der Waals surface area contributed by atoms with E-state index in [-0.39, 0.29) is 5.92 Å². The van der Waals surface area contributed by atoms with E-state index < -0.39 is 0 Å². The van der Waals surface area contributed by atoms with Gasteiger partial charge in [-0.15, -0.1) is 0 Å². The highest BCUT2D eigenvalue weighted by Crippen LogP contribution is 2.39. The molecule has 0 saturated heterocycles. The van der Waals surface area contributed by atoms with Gasteiger partial charge in [-0.2, -0.15) is 0 Å². The van der Waals surface area contributed by atoms with Crippen LogP contribution < -0.4 is 0 Å². The first-order chi connectivity index (χ1) is 11.1. The zero-order valence-electron chi connectivity index (χ0n) is 14.4. The van der Waals surface area contributed by atoms with E-state index >= 15 is 0 Å². The fourth-order valence-electron chi connectivity index (χ4n) is 2.82. The molecule has 1 unspecified atom stereocenters. The Hall–Kier alpha value is -0.380. The number of fused-ring (bicyclic) bond motifs is 2. The van der Waals surface area contributed by atoms with Crippen molar-refractivity contribution in [2.24, 2.45) is 0 Å². The first-order valence-electron chi connectivity index (χ1n) is 8.18. The molecule has 0 saturated carbocycles. The predicted molar refractivity (Wildman–Crippen MR) is 109 cm³/mol. The summed E-state index contributed by atoms with van der Waals surface area (Å²) in [7, 11) is 0. The number of hydrogen-bond acceptors (Lipinski definition) is 1. The maximum Gasteiger partial charge on any atom is 0.0508 e. The molecule has 4 heteroatoms. The first-order valence-corrected chi connectivity index (χ1v) is 10.1. The molecule has 0 fully saturated rings. The van der Waals surface area contributed by atoms with Crippen molar-refractivity contribution in [1.29, 1.82) is 0 Å². The van der Waals surface area contributed by atoms with Gasteiger partial charge in [0.15, 0.2) is 0 Å². The normalized spacial score (nSPS) is 15.0. The van der Waals surface area contributed by atoms with Crippen LogP contribution in [0, 0.1) is 0 Å². The largest absolute Gasteiger partial charge is 0.259 e. The van der Waals surface area contributed by atoms with E-state index in [1.165, 1.54) is 22.4 Å². The van der Waals surface area contributed by atoms with Crippen LogP contribution in [0.2, 0.25) is 5.02 Å². The molecule has 23 heavy (non-hydrogen) atoms. The van der Waals surface area contributed by atoms with E-state index in [0.717, 1.165) is 26.8 Å². The molecular formula is C19H24Br2ClN. The summed E-state index contributed by atoms with van der Waals surface area (Å²) < 4.78 is 2.13. The molecule has 126 valence electrons. The van der Waals surface area contributed by atoms with Gasteiger partial charge < -0.3 is 0 Å². The third kappa shape index (κ3) is 4.80. The van der Waals surface area contributed by atoms with Crippen LogP contribution in [-0.4, -0.2) is 4.98 Å². The van der Waals surface area contributed by atoms with E-state index in [9.17, 15) is 0 Å². The molecule has 0 amide bonds. The van der Waals surface area contributed by atoms with Crippen LogP contribution in [0.4, 0.5) is 0 Å². The van der Waals surface area contributed by atoms with Crippen LogP contribution in [0.25, 0.3) is 0 Å². The van der Waals surface area contributed by atoms with Gasteiger partial charge in [0.05, 0.1) is 5.69 Å². The second-order valence-electron chi connectivity index (χ2n) is 4.88. The van der Waals surface area contributed by atoms with Crippen LogP contribution in [0.1, 0.15) is 62.9 Å². The van der Waals surface area contributed by atoms with Crippen LogP contribution in [0.5, 0.6) is 0 Å². The SMILES string of the molecule is CC.CC.CC1c2ncc(Br)cc2CCc2cc(Cl)cc(Br)c21. The van der Waals surface area contributed by atoms with Gasteiger partial charge in [0.2, 0.25) is 0 Å². The van der Waals surface area contributed by atoms with Crippen molar-refractivity contribution >= 4 is 43.5 Å². The average molecular weight is 462 g/mol. The lowest BCUT2D eigenvalue weighted by molar-refractivity contribution is 0.854. The Morgan fingerprint density at radius 3 is 2.26 bits per heavy atom. The van der Waals surface area contributed by atoms with Crippen molar-refractivity contribution in [3.8, 4) is 0 Å². The molecular weight excluding hydrogens is 437 g/mol. The number of aryl methyl sites for hydroxylation is 2. The van der Waals surface area contributed by atoms with E-state index in [0.29, 0.717) is 0 Å². The third-order valence-corrected chi connectivity index (χ3v) is 4.96. The van der Waals surface area contributed by atoms with E-state index in [2.05, 4.69) is 55.9 Å². The molecule has 0 N–H and O–H groups in total. The second-order valence-corrected chi connectivity index (χ2v) is 7.09. The van der Waals surface area contributed by atoms with E-state index in [1.54, 1.807) is 0 Å². The maximum atomic E-state index is 6.17. The lowest BCUT2D eigenvalue weighted by atomic mass is 9.93. The van der Waals surface area contributed by atoms with E-state index in [1.807, 2.05) is 40.0 Å². The summed E-state index contributed by atoms with van der Waals surface area (Å²) in [5, 5.41) is 0.790. The summed E-state index contributed by atoms with van der Waals surface area (Å²) in [4.78, 5) is 4.62. The number of rotatable bonds is 0. The number of pyridine rings is 1. The molecule has 1 aromatic carbocycles. The molecule has 1 atom stereocenters. The Morgan fingerprint density at radius 2 is 1.61 bits per heavy atom. The van der Waals surface area contributed by atoms with Crippen LogP contribution in [-0.2, 0) is 12.8 Å². The molecule has 1 heterocycles. The minimum atomic E-state index is 0.284. The van der Waals surface area contributed by atoms with Crippen molar-refractivity contribution in [3.05, 3.63) is 60.7 Å². The molecule has 1 aliphatic carbocycles. The van der Waals surface area contributed by atoms with Gasteiger partial charge in [0.1, 0.15) is 0 Å². The molecule has 0 bridgehead atoms. The van der Waals surface area contributed by atoms with Crippen LogP contribution >= 0.6 is 43.5 Å². The van der Waals surface area contributed by atoms with E-state index in [4.69, 9.17) is 11.6 Å². The molecule has 1 aliphatic rings. The minimum Gasteiger partial charge on any atom is -0.259 e. The molecule has 3 rings (SSSR count). The van der Waals surface area contributed by atoms with Crippen LogP contribution in [0.15, 0.2) is 33.3 Å². The second kappa shape index (κ2) is 9.80. The number of hydrogen-bond donors (Lipinski definition) is 0. The summed E-state index contributed by atoms with van der Waals surface area (Å²) in [5.41, 5.74) is 5.13. The van der Waals surface area contributed by atoms with Gasteiger partial charge in [0.25, 0.3) is 0 Å². The lowest BCUT2D eigenvalue weighted by Gasteiger charge is -2.16. The van der Waals surface area contributed by atoms with Crippen molar-refractivity contribution in [1.82, 2.24) is 4.98 Å². The number of benzene rings is 1. The molecule has 1 aromatic heterocycles. The summed E-state index contributed by atoms with van der Waals surface area (Å²) in [6.07, 6.45) is 3.89. The Bertz CT molecular complexity index is 656. The topological polar surface area (TPSA) is 12.9 Å². The fourth-order valence-corrected chi connectivity index (χ4v) is 4.41. The van der Waals surface area contributed by atoms with Gasteiger partial charge in [-0.3, -0.25) is 4.98 Å². The van der Waals surface area contributed by atoms with Gasteiger partial charge in [-0.1, -0.05) is 62.1 Å². The zero-order chi connectivity index (χ0) is 17.6. The summed E-state index contributed by atoms with van der Waals surface area (Å²) in [5.74, 6) is 0.284. The van der Waals surface area contributed by atoms with Crippen molar-refractivity contribution in [3.63, 3.8) is 0 Å². The molecule has 0 spiro atoms. The Morgan fingerprint density at radius 1 is 1.00 bits per heavy atom. The van der Waals surface area contributed by atoms with Gasteiger partial charge >= 0.3 is 0 Å². The highest BCUT2D eigenvalue weighted by Gasteiger charge is 2.24. The molecule has 0 aliphatic heterocycles. The zero-order valence-corrected chi connectivity index (χ0v) is 18.3. The van der Waals surface area contributed by atoms with Gasteiger partial charge in [-0.25, -0.2) is 0 Å². The minimum absolute atomic E-state index is 0.284. The van der Waals surface area contributed by atoms with Crippen molar-refractivity contribution in [2.75, 3.05) is 0 Å².